The molecule has 0 spiro atoms. The molecule has 1 aromatic heterocycles. The molecule has 7 aromatic carbocycles. The Bertz CT molecular complexity index is 2320. The molecule has 2 nitrogen and oxygen atoms in total. The molecule has 42 heavy (non-hydrogen) atoms. The first-order chi connectivity index (χ1) is 20.8. The Kier molecular flexibility index (Phi) is 4.93. The van der Waals surface area contributed by atoms with E-state index in [4.69, 9.17) is 4.74 Å². The van der Waals surface area contributed by atoms with Gasteiger partial charge in [-0.3, -0.25) is 0 Å². The van der Waals surface area contributed by atoms with Crippen molar-refractivity contribution in [3.05, 3.63) is 152 Å². The number of rotatable bonds is 3. The number of nitrogens with zero attached hydrogens (tertiary/aromatic N) is 1. The van der Waals surface area contributed by atoms with Crippen molar-refractivity contribution < 1.29 is 4.74 Å². The molecule has 8 aromatic rings. The summed E-state index contributed by atoms with van der Waals surface area (Å²) in [4.78, 5) is 0. The van der Waals surface area contributed by atoms with Crippen molar-refractivity contribution in [3.63, 3.8) is 0 Å². The largest absolute Gasteiger partial charge is 0.456 e. The zero-order valence-electron chi connectivity index (χ0n) is 22.8. The summed E-state index contributed by atoms with van der Waals surface area (Å²) in [5.41, 5.74) is 10.7. The summed E-state index contributed by atoms with van der Waals surface area (Å²) in [7, 11) is 0. The van der Waals surface area contributed by atoms with Gasteiger partial charge in [0.25, 0.3) is 0 Å². The minimum atomic E-state index is 0.903. The van der Waals surface area contributed by atoms with Crippen LogP contribution in [0.1, 0.15) is 0 Å². The zero-order valence-corrected chi connectivity index (χ0v) is 22.8. The van der Waals surface area contributed by atoms with Crippen LogP contribution in [0.15, 0.2) is 152 Å². The Hall–Kier alpha value is -5.60. The maximum absolute atomic E-state index is 6.34. The molecule has 0 bridgehead atoms. The van der Waals surface area contributed by atoms with Crippen LogP contribution in [0.5, 0.6) is 11.5 Å². The third-order valence-electron chi connectivity index (χ3n) is 8.57. The highest BCUT2D eigenvalue weighted by atomic mass is 16.5. The zero-order chi connectivity index (χ0) is 27.6. The Morgan fingerprint density at radius 2 is 1.10 bits per heavy atom. The van der Waals surface area contributed by atoms with E-state index < -0.39 is 0 Å². The van der Waals surface area contributed by atoms with Crippen LogP contribution in [0.4, 0.5) is 0 Å². The second-order valence-corrected chi connectivity index (χ2v) is 11.0. The number of benzene rings is 7. The van der Waals surface area contributed by atoms with E-state index in [0.29, 0.717) is 0 Å². The van der Waals surface area contributed by atoms with Crippen LogP contribution in [0.25, 0.3) is 71.6 Å². The summed E-state index contributed by atoms with van der Waals surface area (Å²) in [6.07, 6.45) is 0. The van der Waals surface area contributed by atoms with Gasteiger partial charge in [-0.15, -0.1) is 0 Å². The lowest BCUT2D eigenvalue weighted by molar-refractivity contribution is 0.487. The molecule has 0 fully saturated rings. The van der Waals surface area contributed by atoms with E-state index in [2.05, 4.69) is 156 Å². The number of hydrogen-bond acceptors (Lipinski definition) is 1. The lowest BCUT2D eigenvalue weighted by atomic mass is 9.91. The molecule has 196 valence electrons. The normalized spacial score (nSPS) is 12.0. The van der Waals surface area contributed by atoms with Crippen molar-refractivity contribution >= 4 is 32.6 Å². The molecule has 0 amide bonds. The van der Waals surface area contributed by atoms with Gasteiger partial charge in [0.05, 0.1) is 11.0 Å². The smallest absolute Gasteiger partial charge is 0.135 e. The third-order valence-corrected chi connectivity index (χ3v) is 8.57. The van der Waals surface area contributed by atoms with Crippen molar-refractivity contribution in [2.75, 3.05) is 0 Å². The van der Waals surface area contributed by atoms with Crippen LogP contribution in [0, 0.1) is 0 Å². The Morgan fingerprint density at radius 3 is 1.98 bits per heavy atom. The topological polar surface area (TPSA) is 14.2 Å². The van der Waals surface area contributed by atoms with Gasteiger partial charge in [-0.25, -0.2) is 0 Å². The van der Waals surface area contributed by atoms with E-state index in [1.807, 2.05) is 0 Å². The standard InChI is InChI=1S/C40H25NO/c1-2-13-31(14-3-1)41-36-17-5-4-15-32(36)33-21-19-30(25-37(33)41)28-12-6-11-27(23-28)29-20-22-38-35(24-29)34-16-7-9-26-10-8-18-39(42-38)40(26)34/h1-25H. The van der Waals surface area contributed by atoms with Gasteiger partial charge in [0.2, 0.25) is 0 Å². The van der Waals surface area contributed by atoms with Crippen molar-refractivity contribution in [1.82, 2.24) is 4.57 Å². The maximum atomic E-state index is 6.34. The molecule has 0 unspecified atom stereocenters. The summed E-state index contributed by atoms with van der Waals surface area (Å²) < 4.78 is 8.72. The molecule has 0 atom stereocenters. The fraction of sp³-hybridized carbons (Fsp3) is 0. The number of hydrogen-bond donors (Lipinski definition) is 0. The van der Waals surface area contributed by atoms with Crippen LogP contribution in [-0.4, -0.2) is 4.57 Å². The molecule has 0 saturated carbocycles. The molecule has 1 aliphatic rings. The fourth-order valence-corrected chi connectivity index (χ4v) is 6.63. The second-order valence-electron chi connectivity index (χ2n) is 11.0. The first-order valence-electron chi connectivity index (χ1n) is 14.4. The van der Waals surface area contributed by atoms with E-state index in [-0.39, 0.29) is 0 Å². The number of ether oxygens (including phenoxy) is 1. The van der Waals surface area contributed by atoms with Gasteiger partial charge in [-0.05, 0) is 81.7 Å². The first-order valence-corrected chi connectivity index (χ1v) is 14.4. The summed E-state index contributed by atoms with van der Waals surface area (Å²) in [5.74, 6) is 1.83. The molecule has 2 heterocycles. The van der Waals surface area contributed by atoms with E-state index in [1.54, 1.807) is 0 Å². The minimum absolute atomic E-state index is 0.903. The molecule has 2 heteroatoms. The number of para-hydroxylation sites is 2. The average Bonchev–Trinajstić information content (AvgIpc) is 3.39. The van der Waals surface area contributed by atoms with Gasteiger partial charge in [-0.2, -0.15) is 0 Å². The van der Waals surface area contributed by atoms with Crippen LogP contribution < -0.4 is 4.74 Å². The van der Waals surface area contributed by atoms with Gasteiger partial charge in [0.1, 0.15) is 11.5 Å². The average molecular weight is 536 g/mol. The highest BCUT2D eigenvalue weighted by molar-refractivity contribution is 6.10. The van der Waals surface area contributed by atoms with Gasteiger partial charge < -0.3 is 9.30 Å². The maximum Gasteiger partial charge on any atom is 0.135 e. The molecule has 9 rings (SSSR count). The summed E-state index contributed by atoms with van der Waals surface area (Å²) in [6.45, 7) is 0. The Labute approximate surface area is 243 Å². The highest BCUT2D eigenvalue weighted by Gasteiger charge is 2.20. The quantitative estimate of drug-likeness (QED) is 0.219. The van der Waals surface area contributed by atoms with Crippen LogP contribution in [0.3, 0.4) is 0 Å². The van der Waals surface area contributed by atoms with Crippen LogP contribution in [0.2, 0.25) is 0 Å². The molecular formula is C40H25NO. The van der Waals surface area contributed by atoms with E-state index >= 15 is 0 Å². The predicted molar refractivity (Wildman–Crippen MR) is 175 cm³/mol. The first kappa shape index (κ1) is 23.1. The van der Waals surface area contributed by atoms with Crippen molar-refractivity contribution in [2.45, 2.75) is 0 Å². The molecular weight excluding hydrogens is 510 g/mol. The number of aromatic nitrogens is 1. The molecule has 0 aliphatic carbocycles. The van der Waals surface area contributed by atoms with Gasteiger partial charge in [-0.1, -0.05) is 103 Å². The fourth-order valence-electron chi connectivity index (χ4n) is 6.63. The van der Waals surface area contributed by atoms with E-state index in [1.165, 1.54) is 66.1 Å². The molecule has 0 radical (unpaired) electrons. The molecule has 1 aliphatic heterocycles. The summed E-state index contributed by atoms with van der Waals surface area (Å²) in [6, 6.07) is 54.3. The SMILES string of the molecule is c1ccc(-n2c3ccccc3c3ccc(-c4cccc(-c5ccc6c(c5)-c5cccc7cccc(c57)O6)c4)cc32)cc1. The number of fused-ring (bicyclic) bond motifs is 5. The summed E-state index contributed by atoms with van der Waals surface area (Å²) >= 11 is 0. The van der Waals surface area contributed by atoms with Gasteiger partial charge in [0.15, 0.2) is 0 Å². The highest BCUT2D eigenvalue weighted by Crippen LogP contribution is 2.47. The molecule has 0 saturated heterocycles. The monoisotopic (exact) mass is 535 g/mol. The van der Waals surface area contributed by atoms with Crippen LogP contribution in [-0.2, 0) is 0 Å². The van der Waals surface area contributed by atoms with Gasteiger partial charge >= 0.3 is 0 Å². The Morgan fingerprint density at radius 1 is 0.405 bits per heavy atom. The predicted octanol–water partition coefficient (Wildman–Crippen LogP) is 11.0. The second kappa shape index (κ2) is 8.95. The third kappa shape index (κ3) is 3.45. The molecule has 0 N–H and O–H groups in total. The lowest BCUT2D eigenvalue weighted by Gasteiger charge is -2.22. The summed E-state index contributed by atoms with van der Waals surface area (Å²) in [5, 5.41) is 4.91. The minimum Gasteiger partial charge on any atom is -0.456 e. The Balaban J connectivity index is 1.18. The lowest BCUT2D eigenvalue weighted by Crippen LogP contribution is -1.97. The van der Waals surface area contributed by atoms with E-state index in [9.17, 15) is 0 Å². The van der Waals surface area contributed by atoms with Crippen LogP contribution >= 0.6 is 0 Å². The van der Waals surface area contributed by atoms with Crippen molar-refractivity contribution in [2.24, 2.45) is 0 Å². The van der Waals surface area contributed by atoms with Crippen molar-refractivity contribution in [1.29, 1.82) is 0 Å². The van der Waals surface area contributed by atoms with E-state index in [0.717, 1.165) is 17.1 Å². The van der Waals surface area contributed by atoms with Crippen molar-refractivity contribution in [3.8, 4) is 50.6 Å². The van der Waals surface area contributed by atoms with Gasteiger partial charge in [0, 0.05) is 27.4 Å².